The zero-order chi connectivity index (χ0) is 24.6. The fourth-order valence-corrected chi connectivity index (χ4v) is 4.23. The topological polar surface area (TPSA) is 71.3 Å². The lowest BCUT2D eigenvalue weighted by atomic mass is 9.93. The van der Waals surface area contributed by atoms with Gasteiger partial charge in [0.25, 0.3) is 11.7 Å². The summed E-state index contributed by atoms with van der Waals surface area (Å²) in [7, 11) is 0. The fraction of sp³-hybridized carbons (Fsp3) is 0.231. The number of fused-ring (bicyclic) bond motifs is 2. The molecule has 2 aromatic carbocycles. The lowest BCUT2D eigenvalue weighted by Gasteiger charge is -2.22. The van der Waals surface area contributed by atoms with Crippen molar-refractivity contribution in [3.8, 4) is 5.75 Å². The van der Waals surface area contributed by atoms with Crippen LogP contribution in [0.1, 0.15) is 31.8 Å². The molecule has 6 nitrogen and oxygen atoms in total. The van der Waals surface area contributed by atoms with E-state index in [4.69, 9.17) is 4.74 Å². The molecule has 0 bridgehead atoms. The van der Waals surface area contributed by atoms with Crippen molar-refractivity contribution in [3.63, 3.8) is 0 Å². The van der Waals surface area contributed by atoms with E-state index in [2.05, 4.69) is 22.1 Å². The average Bonchev–Trinajstić information content (AvgIpc) is 3.09. The number of benzene rings is 2. The van der Waals surface area contributed by atoms with Crippen LogP contribution < -0.4 is 4.74 Å². The summed E-state index contributed by atoms with van der Waals surface area (Å²) in [6, 6.07) is 10.3. The van der Waals surface area contributed by atoms with Crippen LogP contribution >= 0.6 is 0 Å². The minimum Gasteiger partial charge on any atom is -0.491 e. The van der Waals surface area contributed by atoms with Crippen LogP contribution in [0.4, 0.5) is 13.2 Å². The van der Waals surface area contributed by atoms with Crippen LogP contribution in [-0.4, -0.2) is 54.5 Å². The Hall–Kier alpha value is -4.01. The number of nitrogens with zero attached hydrogens (tertiary/aromatic N) is 3. The molecule has 2 unspecified atom stereocenters. The molecule has 0 spiro atoms. The molecule has 35 heavy (non-hydrogen) atoms. The van der Waals surface area contributed by atoms with Crippen LogP contribution in [0.2, 0.25) is 0 Å². The lowest BCUT2D eigenvalue weighted by molar-refractivity contribution is -0.0885. The Morgan fingerprint density at radius 1 is 1.03 bits per heavy atom. The van der Waals surface area contributed by atoms with E-state index in [-0.39, 0.29) is 36.7 Å². The van der Waals surface area contributed by atoms with Crippen molar-refractivity contribution in [1.82, 2.24) is 4.90 Å². The summed E-state index contributed by atoms with van der Waals surface area (Å²) in [4.78, 5) is 35.0. The van der Waals surface area contributed by atoms with Crippen molar-refractivity contribution in [2.75, 3.05) is 13.2 Å². The molecule has 0 radical (unpaired) electrons. The van der Waals surface area contributed by atoms with Gasteiger partial charge in [-0.05, 0) is 41.5 Å². The number of dihydropyridines is 2. The quantitative estimate of drug-likeness (QED) is 0.608. The highest BCUT2D eigenvalue weighted by molar-refractivity contribution is 6.11. The number of rotatable bonds is 3. The second kappa shape index (κ2) is 8.98. The number of allylic oxidation sites excluding steroid dienone is 2. The number of hydrogen-bond donors (Lipinski definition) is 0. The highest BCUT2D eigenvalue weighted by Gasteiger charge is 2.39. The van der Waals surface area contributed by atoms with Crippen LogP contribution in [0.15, 0.2) is 70.7 Å². The van der Waals surface area contributed by atoms with Crippen molar-refractivity contribution in [2.45, 2.75) is 18.9 Å². The Bertz CT molecular complexity index is 1290. The van der Waals surface area contributed by atoms with E-state index >= 15 is 0 Å². The molecule has 0 aromatic heterocycles. The molecule has 3 aliphatic heterocycles. The monoisotopic (exact) mass is 479 g/mol. The van der Waals surface area contributed by atoms with E-state index in [1.54, 1.807) is 17.3 Å². The van der Waals surface area contributed by atoms with Gasteiger partial charge in [-0.15, -0.1) is 0 Å². The number of aliphatic imine (C=N–C) groups is 2. The zero-order valence-corrected chi connectivity index (χ0v) is 18.4. The first-order valence-corrected chi connectivity index (χ1v) is 11.0. The number of alkyl halides is 3. The number of carbonyl (C=O) groups is 2. The maximum Gasteiger partial charge on any atom is 0.454 e. The minimum atomic E-state index is -4.96. The van der Waals surface area contributed by atoms with Crippen molar-refractivity contribution >= 4 is 29.7 Å². The summed E-state index contributed by atoms with van der Waals surface area (Å²) >= 11 is 0. The van der Waals surface area contributed by atoms with Crippen LogP contribution in [0, 0.1) is 5.92 Å². The highest BCUT2D eigenvalue weighted by Crippen LogP contribution is 2.31. The highest BCUT2D eigenvalue weighted by atomic mass is 19.4. The third-order valence-electron chi connectivity index (χ3n) is 6.05. The standard InChI is InChI=1S/C26H20F3N3O3/c27-26(28,29)23(33)16-3-5-17(6-4-16)25(34)32-10-11-35-22-8-7-18(12-21(22)15-32)20-13-19-2-1-9-30-24(19)31-14-20/h1-9,12-14,19,24H,10-11,15H2. The van der Waals surface area contributed by atoms with Gasteiger partial charge in [-0.1, -0.05) is 30.4 Å². The van der Waals surface area contributed by atoms with E-state index in [1.807, 2.05) is 24.3 Å². The average molecular weight is 479 g/mol. The Labute approximate surface area is 199 Å². The van der Waals surface area contributed by atoms with Gasteiger partial charge in [-0.2, -0.15) is 13.2 Å². The van der Waals surface area contributed by atoms with E-state index in [9.17, 15) is 22.8 Å². The first kappa shape index (κ1) is 22.8. The maximum absolute atomic E-state index is 13.1. The van der Waals surface area contributed by atoms with E-state index in [1.165, 1.54) is 12.1 Å². The molecule has 2 aromatic rings. The predicted octanol–water partition coefficient (Wildman–Crippen LogP) is 4.52. The second-order valence-electron chi connectivity index (χ2n) is 8.38. The van der Waals surface area contributed by atoms with Crippen LogP contribution in [0.25, 0.3) is 5.57 Å². The van der Waals surface area contributed by atoms with Gasteiger partial charge in [0.05, 0.1) is 6.54 Å². The molecule has 3 heterocycles. The molecule has 1 amide bonds. The van der Waals surface area contributed by atoms with Gasteiger partial charge in [0.2, 0.25) is 0 Å². The second-order valence-corrected chi connectivity index (χ2v) is 8.38. The van der Waals surface area contributed by atoms with Crippen molar-refractivity contribution in [1.29, 1.82) is 0 Å². The summed E-state index contributed by atoms with van der Waals surface area (Å²) in [5.74, 6) is -1.54. The van der Waals surface area contributed by atoms with E-state index < -0.39 is 17.5 Å². The molecule has 0 N–H and O–H groups in total. The summed E-state index contributed by atoms with van der Waals surface area (Å²) in [6.07, 6.45) is 4.49. The minimum absolute atomic E-state index is 0.0836. The van der Waals surface area contributed by atoms with Crippen LogP contribution in [0.5, 0.6) is 5.75 Å². The molecule has 9 heteroatoms. The third kappa shape index (κ3) is 4.66. The summed E-state index contributed by atoms with van der Waals surface area (Å²) < 4.78 is 43.8. The Kier molecular flexibility index (Phi) is 5.84. The lowest BCUT2D eigenvalue weighted by Crippen LogP contribution is -2.32. The van der Waals surface area contributed by atoms with Gasteiger partial charge >= 0.3 is 6.18 Å². The predicted molar refractivity (Wildman–Crippen MR) is 125 cm³/mol. The summed E-state index contributed by atoms with van der Waals surface area (Å²) in [6.45, 7) is 0.855. The Balaban J connectivity index is 1.36. The van der Waals surface area contributed by atoms with Gasteiger partial charge < -0.3 is 9.64 Å². The largest absolute Gasteiger partial charge is 0.491 e. The Morgan fingerprint density at radius 2 is 1.80 bits per heavy atom. The number of hydrogen-bond acceptors (Lipinski definition) is 5. The van der Waals surface area contributed by atoms with Gasteiger partial charge in [0.15, 0.2) is 0 Å². The first-order chi connectivity index (χ1) is 16.8. The Morgan fingerprint density at radius 3 is 2.57 bits per heavy atom. The number of amides is 1. The molecule has 0 saturated carbocycles. The fourth-order valence-electron chi connectivity index (χ4n) is 4.23. The van der Waals surface area contributed by atoms with Crippen LogP contribution in [-0.2, 0) is 6.54 Å². The molecule has 5 rings (SSSR count). The molecular weight excluding hydrogens is 459 g/mol. The maximum atomic E-state index is 13.1. The van der Waals surface area contributed by atoms with Gasteiger partial charge in [0, 0.05) is 41.6 Å². The molecular formula is C26H20F3N3O3. The van der Waals surface area contributed by atoms with Crippen molar-refractivity contribution in [3.05, 3.63) is 82.9 Å². The molecule has 0 saturated heterocycles. The molecule has 2 atom stereocenters. The number of ketones is 1. The van der Waals surface area contributed by atoms with E-state index in [0.717, 1.165) is 28.8 Å². The van der Waals surface area contributed by atoms with E-state index in [0.29, 0.717) is 12.3 Å². The molecule has 0 fully saturated rings. The smallest absolute Gasteiger partial charge is 0.454 e. The molecule has 178 valence electrons. The third-order valence-corrected chi connectivity index (χ3v) is 6.05. The summed E-state index contributed by atoms with van der Waals surface area (Å²) in [5.41, 5.74) is 2.38. The number of carbonyl (C=O) groups excluding carboxylic acids is 2. The number of Topliss-reactive ketones (excluding diaryl/α,β-unsaturated/α-hetero) is 1. The molecule has 0 aliphatic carbocycles. The first-order valence-electron chi connectivity index (χ1n) is 11.0. The summed E-state index contributed by atoms with van der Waals surface area (Å²) in [5, 5.41) is 0. The van der Waals surface area contributed by atoms with Gasteiger partial charge in [-0.3, -0.25) is 19.6 Å². The SMILES string of the molecule is O=C(c1ccc(C(=O)C(F)(F)F)cc1)N1CCOc2ccc(C3=CC4C=CC=NC4N=C3)cc2C1. The van der Waals surface area contributed by atoms with Gasteiger partial charge in [-0.25, -0.2) is 0 Å². The van der Waals surface area contributed by atoms with Crippen molar-refractivity contribution in [2.24, 2.45) is 15.9 Å². The normalized spacial score (nSPS) is 20.9. The van der Waals surface area contributed by atoms with Crippen molar-refractivity contribution < 1.29 is 27.5 Å². The van der Waals surface area contributed by atoms with Crippen LogP contribution in [0.3, 0.4) is 0 Å². The van der Waals surface area contributed by atoms with Gasteiger partial charge in [0.1, 0.15) is 18.5 Å². The number of halogens is 3. The number of ether oxygens (including phenoxy) is 1. The molecule has 3 aliphatic rings. The zero-order valence-electron chi connectivity index (χ0n) is 18.4.